The predicted molar refractivity (Wildman–Crippen MR) is 445 cm³/mol. The van der Waals surface area contributed by atoms with Gasteiger partial charge >= 0.3 is 5.97 Å². The molecule has 0 unspecified atom stereocenters. The summed E-state index contributed by atoms with van der Waals surface area (Å²) in [5.41, 5.74) is 14.5. The number of benzene rings is 6. The van der Waals surface area contributed by atoms with Gasteiger partial charge in [-0.25, -0.2) is 14.8 Å². The highest BCUT2D eigenvalue weighted by atomic mass is 16.5. The van der Waals surface area contributed by atoms with Gasteiger partial charge in [-0.1, -0.05) is 192 Å². The van der Waals surface area contributed by atoms with E-state index < -0.39 is 5.97 Å². The number of nitrogens with zero attached hydrogens (tertiary/aromatic N) is 3. The molecule has 8 bridgehead atoms. The first-order valence-electron chi connectivity index (χ1n) is 39.7. The van der Waals surface area contributed by atoms with Crippen LogP contribution in [-0.2, 0) is 0 Å². The van der Waals surface area contributed by atoms with E-state index in [0.29, 0.717) is 94.4 Å². The number of ether oxygens (including phenoxy) is 6. The lowest BCUT2D eigenvalue weighted by Crippen LogP contribution is -2.09. The van der Waals surface area contributed by atoms with Gasteiger partial charge in [0.05, 0.1) is 102 Å². The number of methoxy groups -OCH3 is 2. The molecule has 6 aromatic carbocycles. The fourth-order valence-corrected chi connectivity index (χ4v) is 13.8. The van der Waals surface area contributed by atoms with E-state index in [1.807, 2.05) is 42.5 Å². The lowest BCUT2D eigenvalue weighted by atomic mass is 10.0. The summed E-state index contributed by atoms with van der Waals surface area (Å²) in [5.74, 6) is 17.6. The molecule has 13 heteroatoms. The lowest BCUT2D eigenvalue weighted by molar-refractivity contribution is 0.0696. The van der Waals surface area contributed by atoms with Crippen LogP contribution in [0, 0.1) is 23.7 Å². The number of nitrogens with one attached hydrogen (secondary N) is 2. The second-order valence-electron chi connectivity index (χ2n) is 27.9. The molecule has 108 heavy (non-hydrogen) atoms. The van der Waals surface area contributed by atoms with Gasteiger partial charge in [0.15, 0.2) is 0 Å². The Morgan fingerprint density at radius 3 is 0.991 bits per heavy atom. The summed E-state index contributed by atoms with van der Waals surface area (Å²) in [6, 6.07) is 51.7. The number of carboxylic acids is 1. The van der Waals surface area contributed by atoms with E-state index in [1.54, 1.807) is 38.5 Å². The highest BCUT2D eigenvalue weighted by Crippen LogP contribution is 2.46. The van der Waals surface area contributed by atoms with E-state index in [0.717, 1.165) is 150 Å². The van der Waals surface area contributed by atoms with Crippen molar-refractivity contribution in [2.24, 2.45) is 0 Å². The van der Waals surface area contributed by atoms with E-state index in [-0.39, 0.29) is 5.56 Å². The van der Waals surface area contributed by atoms with Crippen LogP contribution in [0.25, 0.3) is 68.6 Å². The molecular weight excluding hydrogens is 1340 g/mol. The molecule has 0 aliphatic carbocycles. The average molecular weight is 1450 g/mol. The van der Waals surface area contributed by atoms with Crippen molar-refractivity contribution in [3.63, 3.8) is 0 Å². The van der Waals surface area contributed by atoms with Gasteiger partial charge in [-0.2, -0.15) is 0 Å². The van der Waals surface area contributed by atoms with E-state index in [2.05, 4.69) is 182 Å². The molecule has 0 atom stereocenters. The molecule has 13 nitrogen and oxygen atoms in total. The van der Waals surface area contributed by atoms with Crippen LogP contribution in [-0.4, -0.2) is 71.7 Å². The number of rotatable bonds is 40. The summed E-state index contributed by atoms with van der Waals surface area (Å²) in [7, 11) is 3.36. The Bertz CT molecular complexity index is 4570. The number of aromatic carboxylic acids is 1. The first-order chi connectivity index (χ1) is 53.2. The molecule has 5 heterocycles. The molecule has 0 saturated heterocycles. The maximum atomic E-state index is 12.1. The van der Waals surface area contributed by atoms with Crippen molar-refractivity contribution in [3.8, 4) is 80.4 Å². The molecule has 560 valence electrons. The van der Waals surface area contributed by atoms with Gasteiger partial charge in [0.2, 0.25) is 0 Å². The number of hydrogen-bond acceptors (Lipinski definition) is 10. The fraction of sp³-hybridized carbons (Fsp3) is 0.358. The van der Waals surface area contributed by atoms with E-state index in [1.165, 1.54) is 77.0 Å². The smallest absolute Gasteiger partial charge is 0.335 e. The normalized spacial score (nSPS) is 11.4. The van der Waals surface area contributed by atoms with Crippen molar-refractivity contribution in [1.29, 1.82) is 0 Å². The zero-order valence-corrected chi connectivity index (χ0v) is 64.3. The van der Waals surface area contributed by atoms with E-state index >= 15 is 0 Å². The summed E-state index contributed by atoms with van der Waals surface area (Å²) < 4.78 is 39.1. The fourth-order valence-electron chi connectivity index (χ4n) is 13.8. The summed E-state index contributed by atoms with van der Waals surface area (Å²) in [6.45, 7) is 11.1. The third-order valence-electron chi connectivity index (χ3n) is 19.8. The first kappa shape index (κ1) is 78.2. The van der Waals surface area contributed by atoms with E-state index in [4.69, 9.17) is 38.4 Å². The molecule has 3 aromatic heterocycles. The minimum Gasteiger partial charge on any atom is -0.497 e. The van der Waals surface area contributed by atoms with Crippen LogP contribution in [0.1, 0.15) is 237 Å². The van der Waals surface area contributed by atoms with Gasteiger partial charge in [0.1, 0.15) is 34.5 Å². The summed E-state index contributed by atoms with van der Waals surface area (Å²) in [4.78, 5) is 33.5. The topological polar surface area (TPSA) is 153 Å². The third-order valence-corrected chi connectivity index (χ3v) is 19.8. The zero-order valence-electron chi connectivity index (χ0n) is 64.3. The SMILES string of the molecule is CCCCCCCCOc1cccc(OCCCCCCCC)c1-c1c2nc(c(C#Cc3ccc(N(c4ccc(OC)cc4)c4ccc(OC)cc4)cc3)c3ccc([nH]3)c(-c3c(OCCCCCCCC)cccc3OCCCCCCCC)c3nc(c(C#Cc4ccc(C(=O)O)cc4)c4ccc1[nH]4)C=C3)C=C2. The average Bonchev–Trinajstić information content (AvgIpc) is 1.06. The Kier molecular flexibility index (Phi) is 29.9. The molecule has 0 saturated carbocycles. The van der Waals surface area contributed by atoms with Crippen LogP contribution in [0.4, 0.5) is 17.1 Å². The number of fused-ring (bicyclic) bond motifs is 8. The second-order valence-corrected chi connectivity index (χ2v) is 27.9. The van der Waals surface area contributed by atoms with Crippen LogP contribution >= 0.6 is 0 Å². The Labute approximate surface area is 640 Å². The third kappa shape index (κ3) is 21.2. The monoisotopic (exact) mass is 1450 g/mol. The molecule has 3 N–H and O–H groups in total. The zero-order chi connectivity index (χ0) is 75.1. The molecule has 9 aromatic rings. The van der Waals surface area contributed by atoms with Gasteiger partial charge in [-0.05, 0) is 196 Å². The van der Waals surface area contributed by atoms with Crippen LogP contribution in [0.3, 0.4) is 0 Å². The number of carbonyl (C=O) groups is 1. The molecule has 0 radical (unpaired) electrons. The molecule has 2 aliphatic heterocycles. The molecular formula is C95H107N5O8. The maximum Gasteiger partial charge on any atom is 0.335 e. The van der Waals surface area contributed by atoms with Gasteiger partial charge in [0, 0.05) is 50.3 Å². The largest absolute Gasteiger partial charge is 0.497 e. The van der Waals surface area contributed by atoms with Crippen LogP contribution < -0.4 is 33.3 Å². The number of hydrogen-bond donors (Lipinski definition) is 3. The Morgan fingerprint density at radius 1 is 0.352 bits per heavy atom. The summed E-state index contributed by atoms with van der Waals surface area (Å²) in [6.07, 6.45) is 35.2. The van der Waals surface area contributed by atoms with Crippen LogP contribution in [0.15, 0.2) is 158 Å². The number of carboxylic acid groups (broad SMARTS) is 1. The van der Waals surface area contributed by atoms with Gasteiger partial charge in [-0.3, -0.25) is 0 Å². The minimum atomic E-state index is -1.01. The summed E-state index contributed by atoms with van der Waals surface area (Å²) in [5, 5.41) is 9.91. The van der Waals surface area contributed by atoms with Crippen LogP contribution in [0.5, 0.6) is 34.5 Å². The Hall–Kier alpha value is -10.9. The summed E-state index contributed by atoms with van der Waals surface area (Å²) >= 11 is 0. The van der Waals surface area contributed by atoms with E-state index in [9.17, 15) is 9.90 Å². The number of aromatic amines is 2. The van der Waals surface area contributed by atoms with Crippen molar-refractivity contribution < 1.29 is 38.3 Å². The van der Waals surface area contributed by atoms with Crippen LogP contribution in [0.2, 0.25) is 0 Å². The molecule has 2 aliphatic rings. The van der Waals surface area contributed by atoms with Gasteiger partial charge < -0.3 is 48.4 Å². The predicted octanol–water partition coefficient (Wildman–Crippen LogP) is 24.9. The highest BCUT2D eigenvalue weighted by Gasteiger charge is 2.25. The number of aromatic nitrogens is 4. The molecule has 0 spiro atoms. The standard InChI is InChI=1S/C95H107N5O8/c1-7-11-15-19-23-27-65-105-87-33-31-34-88(106-66-28-24-20-16-12-8-2)93(87)91-83-61-57-79(96-83)77(55-41-69-37-43-71(44-38-69)95(101)102)80-58-62-84(97-80)92(94-89(107-67-29-25-21-17-13-9-3)35-32-36-90(94)108-68-30-26-22-18-14-10-4)86-64-60-82(99-86)78(81-59-63-85(91)98-81)56-42-70-39-45-72(46-40-70)100(73-47-51-75(103-5)52-48-73)74-49-53-76(104-6)54-50-74/h31-40,43-54,57-64,96,99H,7-30,65-68H2,1-6H3,(H,101,102). The minimum absolute atomic E-state index is 0.178. The molecule has 0 fully saturated rings. The number of H-pyrrole nitrogens is 2. The maximum absolute atomic E-state index is 12.1. The number of unbranched alkanes of at least 4 members (excludes halogenated alkanes) is 20. The van der Waals surface area contributed by atoms with Gasteiger partial charge in [0.25, 0.3) is 0 Å². The molecule has 0 amide bonds. The van der Waals surface area contributed by atoms with Crippen molar-refractivity contribution in [1.82, 2.24) is 19.9 Å². The highest BCUT2D eigenvalue weighted by molar-refractivity contribution is 5.99. The Morgan fingerprint density at radius 2 is 0.657 bits per heavy atom. The van der Waals surface area contributed by atoms with Crippen molar-refractivity contribution >= 4 is 69.4 Å². The lowest BCUT2D eigenvalue weighted by Gasteiger charge is -2.25. The number of anilines is 3. The Balaban J connectivity index is 1.16. The van der Waals surface area contributed by atoms with Crippen molar-refractivity contribution in [2.75, 3.05) is 45.5 Å². The molecule has 11 rings (SSSR count). The van der Waals surface area contributed by atoms with Crippen molar-refractivity contribution in [3.05, 3.63) is 208 Å². The first-order valence-corrected chi connectivity index (χ1v) is 39.7. The van der Waals surface area contributed by atoms with Crippen molar-refractivity contribution in [2.45, 2.75) is 182 Å². The second kappa shape index (κ2) is 41.3. The quantitative estimate of drug-likeness (QED) is 0.0248. The van der Waals surface area contributed by atoms with Gasteiger partial charge in [-0.15, -0.1) is 0 Å².